The number of likely N-dealkylation sites (tertiary alicyclic amines) is 1. The summed E-state index contributed by atoms with van der Waals surface area (Å²) in [5, 5.41) is 8.65. The van der Waals surface area contributed by atoms with Crippen molar-refractivity contribution in [3.63, 3.8) is 0 Å². The lowest BCUT2D eigenvalue weighted by Gasteiger charge is -2.34. The van der Waals surface area contributed by atoms with Crippen molar-refractivity contribution in [2.24, 2.45) is 5.92 Å². The normalized spacial score (nSPS) is 21.9. The molecule has 0 spiro atoms. The molecule has 2 aromatic heterocycles. The number of nitrogens with zero attached hydrogens (tertiary/aromatic N) is 5. The number of rotatable bonds is 4. The van der Waals surface area contributed by atoms with Gasteiger partial charge in [0.2, 0.25) is 15.9 Å². The molecule has 9 heteroatoms. The molecule has 1 unspecified atom stereocenters. The Morgan fingerprint density at radius 2 is 1.74 bits per heavy atom. The van der Waals surface area contributed by atoms with E-state index in [0.717, 1.165) is 49.1 Å². The van der Waals surface area contributed by atoms with Crippen LogP contribution in [0.25, 0.3) is 5.65 Å². The molecule has 3 aromatic rings. The predicted molar refractivity (Wildman–Crippen MR) is 127 cm³/mol. The van der Waals surface area contributed by atoms with E-state index >= 15 is 0 Å². The molecule has 1 aromatic carbocycles. The first kappa shape index (κ1) is 21.7. The highest BCUT2D eigenvalue weighted by molar-refractivity contribution is 7.89. The van der Waals surface area contributed by atoms with Crippen LogP contribution in [0.5, 0.6) is 0 Å². The summed E-state index contributed by atoms with van der Waals surface area (Å²) in [6.07, 6.45) is 7.91. The van der Waals surface area contributed by atoms with Crippen molar-refractivity contribution in [3.05, 3.63) is 59.5 Å². The number of amides is 1. The molecular weight excluding hydrogens is 450 g/mol. The summed E-state index contributed by atoms with van der Waals surface area (Å²) in [5.41, 5.74) is 3.21. The second kappa shape index (κ2) is 8.46. The molecule has 2 saturated heterocycles. The van der Waals surface area contributed by atoms with Crippen LogP contribution in [0.4, 0.5) is 0 Å². The second-order valence-corrected chi connectivity index (χ2v) is 11.6. The number of aromatic nitrogens is 3. The zero-order chi connectivity index (χ0) is 23.3. The van der Waals surface area contributed by atoms with E-state index in [9.17, 15) is 13.2 Å². The first-order valence-corrected chi connectivity index (χ1v) is 13.7. The summed E-state index contributed by atoms with van der Waals surface area (Å²) < 4.78 is 30.0. The van der Waals surface area contributed by atoms with Crippen molar-refractivity contribution in [1.29, 1.82) is 0 Å². The number of hydrogen-bond donors (Lipinski definition) is 0. The minimum atomic E-state index is -3.54. The molecule has 1 amide bonds. The van der Waals surface area contributed by atoms with Gasteiger partial charge in [-0.2, -0.15) is 4.31 Å². The molecule has 0 bridgehead atoms. The molecule has 34 heavy (non-hydrogen) atoms. The maximum absolute atomic E-state index is 13.5. The quantitative estimate of drug-likeness (QED) is 0.574. The Balaban J connectivity index is 1.15. The lowest BCUT2D eigenvalue weighted by atomic mass is 9.96. The van der Waals surface area contributed by atoms with Crippen molar-refractivity contribution >= 4 is 21.6 Å². The minimum Gasteiger partial charge on any atom is -0.332 e. The number of carbonyl (C=O) groups is 1. The van der Waals surface area contributed by atoms with Gasteiger partial charge in [0.15, 0.2) is 11.5 Å². The second-order valence-electron chi connectivity index (χ2n) is 9.64. The molecule has 6 rings (SSSR count). The largest absolute Gasteiger partial charge is 0.332 e. The van der Waals surface area contributed by atoms with Gasteiger partial charge < -0.3 is 4.90 Å². The molecule has 2 aliphatic heterocycles. The van der Waals surface area contributed by atoms with Crippen LogP contribution in [-0.2, 0) is 27.7 Å². The van der Waals surface area contributed by atoms with E-state index < -0.39 is 10.0 Å². The molecule has 0 saturated carbocycles. The smallest absolute Gasteiger partial charge is 0.243 e. The fourth-order valence-corrected chi connectivity index (χ4v) is 7.34. The zero-order valence-corrected chi connectivity index (χ0v) is 20.0. The molecule has 1 aliphatic carbocycles. The van der Waals surface area contributed by atoms with Crippen molar-refractivity contribution in [3.8, 4) is 0 Å². The summed E-state index contributed by atoms with van der Waals surface area (Å²) in [5.74, 6) is 0.758. The van der Waals surface area contributed by atoms with Gasteiger partial charge in [0.05, 0.1) is 10.9 Å². The monoisotopic (exact) mass is 479 g/mol. The molecule has 2 fully saturated rings. The standard InChI is InChI=1S/C25H29N5O3S/c31-25(29-14-4-7-22(29)24-27-26-23-8-1-2-13-30(23)24)19-11-15-28(16-12-19)34(32,33)21-10-9-18-5-3-6-20(18)17-21/h1-2,8-10,13,17,19,22H,3-7,11-12,14-16H2. The summed E-state index contributed by atoms with van der Waals surface area (Å²) in [6.45, 7) is 1.46. The Morgan fingerprint density at radius 1 is 0.912 bits per heavy atom. The van der Waals surface area contributed by atoms with Crippen molar-refractivity contribution in [2.45, 2.75) is 55.9 Å². The van der Waals surface area contributed by atoms with Crippen LogP contribution in [0.15, 0.2) is 47.5 Å². The summed E-state index contributed by atoms with van der Waals surface area (Å²) >= 11 is 0. The van der Waals surface area contributed by atoms with E-state index in [2.05, 4.69) is 10.2 Å². The summed E-state index contributed by atoms with van der Waals surface area (Å²) in [6, 6.07) is 11.3. The van der Waals surface area contributed by atoms with Gasteiger partial charge in [-0.15, -0.1) is 10.2 Å². The van der Waals surface area contributed by atoms with Crippen LogP contribution in [-0.4, -0.2) is 57.8 Å². The average molecular weight is 480 g/mol. The van der Waals surface area contributed by atoms with E-state index in [4.69, 9.17) is 0 Å². The van der Waals surface area contributed by atoms with E-state index in [1.54, 1.807) is 10.4 Å². The maximum Gasteiger partial charge on any atom is 0.243 e. The van der Waals surface area contributed by atoms with Crippen LogP contribution in [0, 0.1) is 5.92 Å². The van der Waals surface area contributed by atoms with Crippen LogP contribution >= 0.6 is 0 Å². The third-order valence-electron chi connectivity index (χ3n) is 7.68. The van der Waals surface area contributed by atoms with Gasteiger partial charge in [-0.1, -0.05) is 12.1 Å². The van der Waals surface area contributed by atoms with E-state index in [-0.39, 0.29) is 17.9 Å². The van der Waals surface area contributed by atoms with Gasteiger partial charge >= 0.3 is 0 Å². The number of pyridine rings is 1. The van der Waals surface area contributed by atoms with Gasteiger partial charge in [-0.05, 0) is 80.3 Å². The molecule has 0 radical (unpaired) electrons. The molecule has 178 valence electrons. The minimum absolute atomic E-state index is 0.0851. The van der Waals surface area contributed by atoms with Crippen molar-refractivity contribution in [2.75, 3.05) is 19.6 Å². The number of sulfonamides is 1. The van der Waals surface area contributed by atoms with Crippen LogP contribution in [0.1, 0.15) is 55.1 Å². The number of benzene rings is 1. The number of piperidine rings is 1. The van der Waals surface area contributed by atoms with E-state index in [0.29, 0.717) is 37.4 Å². The van der Waals surface area contributed by atoms with Gasteiger partial charge in [0.1, 0.15) is 0 Å². The van der Waals surface area contributed by atoms with Crippen LogP contribution in [0.2, 0.25) is 0 Å². The lowest BCUT2D eigenvalue weighted by Crippen LogP contribution is -2.44. The lowest BCUT2D eigenvalue weighted by molar-refractivity contribution is -0.137. The van der Waals surface area contributed by atoms with Gasteiger partial charge in [-0.25, -0.2) is 8.42 Å². The SMILES string of the molecule is O=C(C1CCN(S(=O)(=O)c2ccc3c(c2)CCC3)CC1)N1CCCC1c1nnc2ccccn12. The Labute approximate surface area is 199 Å². The molecule has 4 heterocycles. The van der Waals surface area contributed by atoms with Crippen LogP contribution < -0.4 is 0 Å². The summed E-state index contributed by atoms with van der Waals surface area (Å²) in [7, 11) is -3.54. The molecule has 1 atom stereocenters. The maximum atomic E-state index is 13.5. The van der Waals surface area contributed by atoms with Gasteiger partial charge in [0, 0.05) is 31.7 Å². The van der Waals surface area contributed by atoms with Crippen LogP contribution in [0.3, 0.4) is 0 Å². The highest BCUT2D eigenvalue weighted by Crippen LogP contribution is 2.35. The summed E-state index contributed by atoms with van der Waals surface area (Å²) in [4.78, 5) is 15.8. The topological polar surface area (TPSA) is 87.9 Å². The Bertz CT molecular complexity index is 1340. The third-order valence-corrected chi connectivity index (χ3v) is 9.58. The van der Waals surface area contributed by atoms with E-state index in [1.807, 2.05) is 45.8 Å². The first-order chi connectivity index (χ1) is 16.5. The highest BCUT2D eigenvalue weighted by Gasteiger charge is 2.39. The van der Waals surface area contributed by atoms with E-state index in [1.165, 1.54) is 5.56 Å². The zero-order valence-electron chi connectivity index (χ0n) is 19.1. The molecule has 8 nitrogen and oxygen atoms in total. The predicted octanol–water partition coefficient (Wildman–Crippen LogP) is 2.98. The first-order valence-electron chi connectivity index (χ1n) is 12.2. The van der Waals surface area contributed by atoms with Gasteiger partial charge in [-0.3, -0.25) is 9.20 Å². The number of carbonyl (C=O) groups excluding carboxylic acids is 1. The fraction of sp³-hybridized carbons (Fsp3) is 0.480. The van der Waals surface area contributed by atoms with Crippen molar-refractivity contribution in [1.82, 2.24) is 23.8 Å². The Kier molecular flexibility index (Phi) is 5.41. The third kappa shape index (κ3) is 3.62. The molecule has 0 N–H and O–H groups in total. The van der Waals surface area contributed by atoms with Crippen molar-refractivity contribution < 1.29 is 13.2 Å². The Morgan fingerprint density at radius 3 is 2.59 bits per heavy atom. The molecule has 3 aliphatic rings. The molecular formula is C25H29N5O3S. The number of fused-ring (bicyclic) bond motifs is 2. The average Bonchev–Trinajstić information content (AvgIpc) is 3.62. The Hall–Kier alpha value is -2.78. The number of hydrogen-bond acceptors (Lipinski definition) is 5. The fourth-order valence-electron chi connectivity index (χ4n) is 5.82. The van der Waals surface area contributed by atoms with Gasteiger partial charge in [0.25, 0.3) is 0 Å². The highest BCUT2D eigenvalue weighted by atomic mass is 32.2. The number of aryl methyl sites for hydroxylation is 2.